The predicted molar refractivity (Wildman–Crippen MR) is 61.9 cm³/mol. The molecule has 0 aliphatic heterocycles. The summed E-state index contributed by atoms with van der Waals surface area (Å²) in [5, 5.41) is 12.3. The summed E-state index contributed by atoms with van der Waals surface area (Å²) in [6.45, 7) is 5.57. The highest BCUT2D eigenvalue weighted by Gasteiger charge is 2.01. The van der Waals surface area contributed by atoms with Crippen LogP contribution in [0, 0.1) is 0 Å². The average Bonchev–Trinajstić information content (AvgIpc) is 2.26. The molecule has 0 radical (unpaired) electrons. The predicted octanol–water partition coefficient (Wildman–Crippen LogP) is 2.02. The molecule has 1 aromatic rings. The zero-order valence-electron chi connectivity index (χ0n) is 9.36. The molecule has 0 aliphatic carbocycles. The Kier molecular flexibility index (Phi) is 5.15. The summed E-state index contributed by atoms with van der Waals surface area (Å²) in [4.78, 5) is 0. The summed E-state index contributed by atoms with van der Waals surface area (Å²) in [6.07, 6.45) is 0. The minimum atomic E-state index is 0.0787. The van der Waals surface area contributed by atoms with Crippen LogP contribution >= 0.6 is 0 Å². The molecule has 15 heavy (non-hydrogen) atoms. The summed E-state index contributed by atoms with van der Waals surface area (Å²) in [5.74, 6) is 0. The molecule has 0 spiro atoms. The third-order valence-corrected chi connectivity index (χ3v) is 2.09. The second-order valence-corrected chi connectivity index (χ2v) is 3.56. The zero-order chi connectivity index (χ0) is 11.1. The fraction of sp³-hybridized carbons (Fsp3) is 0.500. The SMILES string of the molecule is CCOCC(C)Nc1cccc(CO)c1. The van der Waals surface area contributed by atoms with E-state index in [1.54, 1.807) is 0 Å². The first-order chi connectivity index (χ1) is 7.26. The van der Waals surface area contributed by atoms with Crippen molar-refractivity contribution in [2.45, 2.75) is 26.5 Å². The monoisotopic (exact) mass is 209 g/mol. The Balaban J connectivity index is 2.48. The van der Waals surface area contributed by atoms with Crippen LogP contribution < -0.4 is 5.32 Å². The van der Waals surface area contributed by atoms with Gasteiger partial charge in [0.15, 0.2) is 0 Å². The fourth-order valence-electron chi connectivity index (χ4n) is 1.38. The molecule has 1 unspecified atom stereocenters. The maximum Gasteiger partial charge on any atom is 0.0682 e. The molecule has 0 fully saturated rings. The van der Waals surface area contributed by atoms with E-state index in [0.29, 0.717) is 6.61 Å². The van der Waals surface area contributed by atoms with Crippen LogP contribution in [0.4, 0.5) is 5.69 Å². The molecule has 0 bridgehead atoms. The third-order valence-electron chi connectivity index (χ3n) is 2.09. The topological polar surface area (TPSA) is 41.5 Å². The number of ether oxygens (including phenoxy) is 1. The Labute approximate surface area is 91.1 Å². The molecule has 1 aromatic carbocycles. The van der Waals surface area contributed by atoms with E-state index in [1.165, 1.54) is 0 Å². The highest BCUT2D eigenvalue weighted by molar-refractivity contribution is 5.46. The lowest BCUT2D eigenvalue weighted by atomic mass is 10.2. The van der Waals surface area contributed by atoms with Crippen molar-refractivity contribution in [3.8, 4) is 0 Å². The van der Waals surface area contributed by atoms with Gasteiger partial charge in [-0.3, -0.25) is 0 Å². The van der Waals surface area contributed by atoms with Crippen LogP contribution in [0.25, 0.3) is 0 Å². The lowest BCUT2D eigenvalue weighted by molar-refractivity contribution is 0.141. The highest BCUT2D eigenvalue weighted by atomic mass is 16.5. The molecule has 84 valence electrons. The van der Waals surface area contributed by atoms with Crippen LogP contribution in [-0.2, 0) is 11.3 Å². The Morgan fingerprint density at radius 1 is 1.47 bits per heavy atom. The van der Waals surface area contributed by atoms with Crippen LogP contribution in [0.15, 0.2) is 24.3 Å². The Morgan fingerprint density at radius 2 is 2.27 bits per heavy atom. The van der Waals surface area contributed by atoms with Crippen LogP contribution in [-0.4, -0.2) is 24.4 Å². The average molecular weight is 209 g/mol. The van der Waals surface area contributed by atoms with Gasteiger partial charge in [-0.25, -0.2) is 0 Å². The Morgan fingerprint density at radius 3 is 2.93 bits per heavy atom. The van der Waals surface area contributed by atoms with Gasteiger partial charge < -0.3 is 15.2 Å². The Hall–Kier alpha value is -1.06. The van der Waals surface area contributed by atoms with E-state index in [0.717, 1.165) is 17.9 Å². The van der Waals surface area contributed by atoms with Crippen molar-refractivity contribution in [3.63, 3.8) is 0 Å². The quantitative estimate of drug-likeness (QED) is 0.753. The molecule has 1 rings (SSSR count). The number of aliphatic hydroxyl groups is 1. The molecule has 2 N–H and O–H groups in total. The molecule has 0 aromatic heterocycles. The lowest BCUT2D eigenvalue weighted by Gasteiger charge is -2.15. The van der Waals surface area contributed by atoms with E-state index in [2.05, 4.69) is 12.2 Å². The second kappa shape index (κ2) is 6.43. The van der Waals surface area contributed by atoms with Gasteiger partial charge in [-0.1, -0.05) is 12.1 Å². The van der Waals surface area contributed by atoms with Crippen molar-refractivity contribution < 1.29 is 9.84 Å². The van der Waals surface area contributed by atoms with Crippen molar-refractivity contribution >= 4 is 5.69 Å². The number of aliphatic hydroxyl groups excluding tert-OH is 1. The minimum Gasteiger partial charge on any atom is -0.392 e. The molecule has 0 amide bonds. The number of rotatable bonds is 6. The smallest absolute Gasteiger partial charge is 0.0682 e. The summed E-state index contributed by atoms with van der Waals surface area (Å²) in [5.41, 5.74) is 1.94. The van der Waals surface area contributed by atoms with E-state index >= 15 is 0 Å². The van der Waals surface area contributed by atoms with Crippen molar-refractivity contribution in [2.75, 3.05) is 18.5 Å². The molecule has 0 saturated carbocycles. The first-order valence-electron chi connectivity index (χ1n) is 5.30. The summed E-state index contributed by atoms with van der Waals surface area (Å²) in [6, 6.07) is 8.04. The number of nitrogens with one attached hydrogen (secondary N) is 1. The van der Waals surface area contributed by atoms with Crippen molar-refractivity contribution in [1.29, 1.82) is 0 Å². The van der Waals surface area contributed by atoms with Crippen LogP contribution in [0.5, 0.6) is 0 Å². The van der Waals surface area contributed by atoms with Crippen LogP contribution in [0.3, 0.4) is 0 Å². The van der Waals surface area contributed by atoms with Gasteiger partial charge >= 0.3 is 0 Å². The zero-order valence-corrected chi connectivity index (χ0v) is 9.36. The van der Waals surface area contributed by atoms with Gasteiger partial charge in [-0.15, -0.1) is 0 Å². The van der Waals surface area contributed by atoms with E-state index in [-0.39, 0.29) is 12.6 Å². The normalized spacial score (nSPS) is 12.5. The number of benzene rings is 1. The largest absolute Gasteiger partial charge is 0.392 e. The van der Waals surface area contributed by atoms with E-state index in [1.807, 2.05) is 31.2 Å². The standard InChI is InChI=1S/C12H19NO2/c1-3-15-9-10(2)13-12-6-4-5-11(7-12)8-14/h4-7,10,13-14H,3,8-9H2,1-2H3. The van der Waals surface area contributed by atoms with E-state index in [4.69, 9.17) is 9.84 Å². The molecule has 3 nitrogen and oxygen atoms in total. The van der Waals surface area contributed by atoms with Crippen LogP contribution in [0.2, 0.25) is 0 Å². The van der Waals surface area contributed by atoms with Gasteiger partial charge in [0, 0.05) is 18.3 Å². The molecule has 1 atom stereocenters. The first-order valence-corrected chi connectivity index (χ1v) is 5.30. The minimum absolute atomic E-state index is 0.0787. The molecule has 3 heteroatoms. The summed E-state index contributed by atoms with van der Waals surface area (Å²) < 4.78 is 5.31. The molecule has 0 saturated heterocycles. The van der Waals surface area contributed by atoms with Gasteiger partial charge in [0.2, 0.25) is 0 Å². The summed E-state index contributed by atoms with van der Waals surface area (Å²) in [7, 11) is 0. The van der Waals surface area contributed by atoms with E-state index in [9.17, 15) is 0 Å². The van der Waals surface area contributed by atoms with Crippen molar-refractivity contribution in [2.24, 2.45) is 0 Å². The first kappa shape index (κ1) is 12.0. The maximum atomic E-state index is 8.99. The summed E-state index contributed by atoms with van der Waals surface area (Å²) >= 11 is 0. The Bertz CT molecular complexity index is 289. The van der Waals surface area contributed by atoms with Gasteiger partial charge in [-0.05, 0) is 31.5 Å². The molecule has 0 heterocycles. The van der Waals surface area contributed by atoms with E-state index < -0.39 is 0 Å². The lowest BCUT2D eigenvalue weighted by Crippen LogP contribution is -2.21. The van der Waals surface area contributed by atoms with Gasteiger partial charge in [0.1, 0.15) is 0 Å². The number of anilines is 1. The highest BCUT2D eigenvalue weighted by Crippen LogP contribution is 2.11. The second-order valence-electron chi connectivity index (χ2n) is 3.56. The molecular weight excluding hydrogens is 190 g/mol. The maximum absolute atomic E-state index is 8.99. The van der Waals surface area contributed by atoms with Crippen LogP contribution in [0.1, 0.15) is 19.4 Å². The fourth-order valence-corrected chi connectivity index (χ4v) is 1.38. The van der Waals surface area contributed by atoms with Crippen molar-refractivity contribution in [1.82, 2.24) is 0 Å². The van der Waals surface area contributed by atoms with Gasteiger partial charge in [-0.2, -0.15) is 0 Å². The molecule has 0 aliphatic rings. The van der Waals surface area contributed by atoms with Crippen molar-refractivity contribution in [3.05, 3.63) is 29.8 Å². The number of hydrogen-bond acceptors (Lipinski definition) is 3. The number of hydrogen-bond donors (Lipinski definition) is 2. The van der Waals surface area contributed by atoms with Gasteiger partial charge in [0.05, 0.1) is 13.2 Å². The molecular formula is C12H19NO2. The third kappa shape index (κ3) is 4.32. The van der Waals surface area contributed by atoms with Gasteiger partial charge in [0.25, 0.3) is 0 Å².